The summed E-state index contributed by atoms with van der Waals surface area (Å²) in [5, 5.41) is 0. The summed E-state index contributed by atoms with van der Waals surface area (Å²) in [5.74, 6) is -6.62. The van der Waals surface area contributed by atoms with Crippen LogP contribution in [0.2, 0.25) is 0 Å². The first-order valence-corrected chi connectivity index (χ1v) is 4.59. The molecular weight excluding hydrogens is 239 g/mol. The first-order chi connectivity index (χ1) is 8.00. The Hall–Kier alpha value is -1.91. The van der Waals surface area contributed by atoms with Gasteiger partial charge < -0.3 is 0 Å². The molecule has 0 saturated carbocycles. The van der Waals surface area contributed by atoms with Crippen LogP contribution in [0.5, 0.6) is 0 Å². The fraction of sp³-hybridized carbons (Fsp3) is 0. The van der Waals surface area contributed by atoms with Gasteiger partial charge in [0.2, 0.25) is 0 Å². The van der Waals surface area contributed by atoms with Gasteiger partial charge in [-0.05, 0) is 17.7 Å². The SMILES string of the molecule is Fc1ccc(-c2c(F)c(F)cc(F)c2F)cc1. The maximum Gasteiger partial charge on any atom is 0.169 e. The van der Waals surface area contributed by atoms with Gasteiger partial charge in [0.15, 0.2) is 23.3 Å². The Labute approximate surface area is 93.3 Å². The van der Waals surface area contributed by atoms with Crippen LogP contribution in [0.1, 0.15) is 0 Å². The predicted molar refractivity (Wildman–Crippen MR) is 51.7 cm³/mol. The molecule has 0 bridgehead atoms. The van der Waals surface area contributed by atoms with Crippen LogP contribution in [0.25, 0.3) is 11.1 Å². The van der Waals surface area contributed by atoms with Crippen molar-refractivity contribution in [2.24, 2.45) is 0 Å². The van der Waals surface area contributed by atoms with E-state index in [9.17, 15) is 22.0 Å². The van der Waals surface area contributed by atoms with E-state index in [1.165, 1.54) is 0 Å². The van der Waals surface area contributed by atoms with Crippen LogP contribution in [-0.2, 0) is 0 Å². The highest BCUT2D eigenvalue weighted by Gasteiger charge is 2.20. The van der Waals surface area contributed by atoms with E-state index < -0.39 is 34.6 Å². The van der Waals surface area contributed by atoms with Crippen molar-refractivity contribution in [3.8, 4) is 11.1 Å². The quantitative estimate of drug-likeness (QED) is 0.524. The normalized spacial score (nSPS) is 10.6. The first kappa shape index (κ1) is 11.6. The summed E-state index contributed by atoms with van der Waals surface area (Å²) in [6, 6.07) is 4.08. The minimum Gasteiger partial charge on any atom is -0.207 e. The Kier molecular flexibility index (Phi) is 2.83. The summed E-state index contributed by atoms with van der Waals surface area (Å²) in [6.07, 6.45) is 0. The van der Waals surface area contributed by atoms with Crippen LogP contribution in [0.4, 0.5) is 22.0 Å². The van der Waals surface area contributed by atoms with Crippen molar-refractivity contribution >= 4 is 0 Å². The maximum atomic E-state index is 13.4. The molecule has 0 unspecified atom stereocenters. The summed E-state index contributed by atoms with van der Waals surface area (Å²) in [6.45, 7) is 0. The number of rotatable bonds is 1. The van der Waals surface area contributed by atoms with Crippen LogP contribution in [-0.4, -0.2) is 0 Å². The molecule has 0 nitrogen and oxygen atoms in total. The zero-order valence-corrected chi connectivity index (χ0v) is 8.28. The molecule has 0 heterocycles. The molecule has 0 aliphatic rings. The fourth-order valence-corrected chi connectivity index (χ4v) is 1.44. The molecule has 0 fully saturated rings. The molecule has 17 heavy (non-hydrogen) atoms. The van der Waals surface area contributed by atoms with Crippen LogP contribution in [0.15, 0.2) is 30.3 Å². The van der Waals surface area contributed by atoms with Crippen molar-refractivity contribution in [1.29, 1.82) is 0 Å². The first-order valence-electron chi connectivity index (χ1n) is 4.59. The van der Waals surface area contributed by atoms with Crippen LogP contribution in [0.3, 0.4) is 0 Å². The van der Waals surface area contributed by atoms with Crippen molar-refractivity contribution in [2.75, 3.05) is 0 Å². The summed E-state index contributed by atoms with van der Waals surface area (Å²) in [4.78, 5) is 0. The molecule has 0 atom stereocenters. The minimum absolute atomic E-state index is 0.123. The molecule has 0 N–H and O–H groups in total. The Morgan fingerprint density at radius 1 is 0.647 bits per heavy atom. The summed E-state index contributed by atoms with van der Waals surface area (Å²) < 4.78 is 65.2. The van der Waals surface area contributed by atoms with Gasteiger partial charge in [-0.3, -0.25) is 0 Å². The molecule has 88 valence electrons. The van der Waals surface area contributed by atoms with E-state index in [-0.39, 0.29) is 11.6 Å². The molecule has 0 amide bonds. The molecule has 2 rings (SSSR count). The molecule has 2 aromatic rings. The van der Waals surface area contributed by atoms with E-state index in [1.807, 2.05) is 0 Å². The van der Waals surface area contributed by atoms with Crippen molar-refractivity contribution in [3.63, 3.8) is 0 Å². The maximum absolute atomic E-state index is 13.4. The smallest absolute Gasteiger partial charge is 0.169 e. The molecule has 0 aromatic heterocycles. The predicted octanol–water partition coefficient (Wildman–Crippen LogP) is 4.05. The van der Waals surface area contributed by atoms with Gasteiger partial charge in [0.05, 0.1) is 5.56 Å². The molecule has 0 aliphatic carbocycles. The third kappa shape index (κ3) is 2.00. The zero-order chi connectivity index (χ0) is 12.6. The third-order valence-corrected chi connectivity index (χ3v) is 2.24. The second-order valence-electron chi connectivity index (χ2n) is 3.35. The van der Waals surface area contributed by atoms with Gasteiger partial charge >= 0.3 is 0 Å². The molecule has 2 aromatic carbocycles. The van der Waals surface area contributed by atoms with Gasteiger partial charge in [0, 0.05) is 6.07 Å². The van der Waals surface area contributed by atoms with Crippen LogP contribution in [0, 0.1) is 29.1 Å². The lowest BCUT2D eigenvalue weighted by Gasteiger charge is -2.06. The van der Waals surface area contributed by atoms with Gasteiger partial charge in [-0.15, -0.1) is 0 Å². The minimum atomic E-state index is -1.50. The Bertz CT molecular complexity index is 534. The standard InChI is InChI=1S/C12H5F5/c13-7-3-1-6(2-4-7)10-11(16)8(14)5-9(15)12(10)17/h1-5H. The van der Waals surface area contributed by atoms with Gasteiger partial charge in [-0.25, -0.2) is 22.0 Å². The summed E-state index contributed by atoms with van der Waals surface area (Å²) in [5.41, 5.74) is -0.984. The van der Waals surface area contributed by atoms with E-state index in [1.54, 1.807) is 0 Å². The van der Waals surface area contributed by atoms with Gasteiger partial charge in [0.25, 0.3) is 0 Å². The average Bonchev–Trinajstić information content (AvgIpc) is 2.29. The van der Waals surface area contributed by atoms with Gasteiger partial charge in [-0.1, -0.05) is 12.1 Å². The Balaban J connectivity index is 2.70. The van der Waals surface area contributed by atoms with Gasteiger partial charge in [0.1, 0.15) is 5.82 Å². The van der Waals surface area contributed by atoms with Crippen molar-refractivity contribution in [3.05, 3.63) is 59.4 Å². The lowest BCUT2D eigenvalue weighted by molar-refractivity contribution is 0.458. The molecule has 0 saturated heterocycles. The molecular formula is C12H5F5. The second kappa shape index (κ2) is 4.16. The van der Waals surface area contributed by atoms with Crippen molar-refractivity contribution < 1.29 is 22.0 Å². The van der Waals surface area contributed by atoms with Crippen LogP contribution < -0.4 is 0 Å². The zero-order valence-electron chi connectivity index (χ0n) is 8.28. The molecule has 0 radical (unpaired) electrons. The van der Waals surface area contributed by atoms with Crippen molar-refractivity contribution in [2.45, 2.75) is 0 Å². The number of halogens is 5. The molecule has 0 spiro atoms. The lowest BCUT2D eigenvalue weighted by atomic mass is 10.0. The Morgan fingerprint density at radius 2 is 1.12 bits per heavy atom. The van der Waals surface area contributed by atoms with Crippen LogP contribution >= 0.6 is 0 Å². The lowest BCUT2D eigenvalue weighted by Crippen LogP contribution is -1.98. The average molecular weight is 244 g/mol. The second-order valence-corrected chi connectivity index (χ2v) is 3.35. The van der Waals surface area contributed by atoms with E-state index in [0.29, 0.717) is 0 Å². The number of hydrogen-bond donors (Lipinski definition) is 0. The highest BCUT2D eigenvalue weighted by atomic mass is 19.2. The fourth-order valence-electron chi connectivity index (χ4n) is 1.44. The summed E-state index contributed by atoms with van der Waals surface area (Å²) >= 11 is 0. The molecule has 0 aliphatic heterocycles. The summed E-state index contributed by atoms with van der Waals surface area (Å²) in [7, 11) is 0. The number of benzene rings is 2. The highest BCUT2D eigenvalue weighted by molar-refractivity contribution is 5.65. The highest BCUT2D eigenvalue weighted by Crippen LogP contribution is 2.29. The van der Waals surface area contributed by atoms with E-state index >= 15 is 0 Å². The van der Waals surface area contributed by atoms with E-state index in [2.05, 4.69) is 0 Å². The third-order valence-electron chi connectivity index (χ3n) is 2.24. The van der Waals surface area contributed by atoms with E-state index in [4.69, 9.17) is 0 Å². The number of hydrogen-bond acceptors (Lipinski definition) is 0. The van der Waals surface area contributed by atoms with Gasteiger partial charge in [-0.2, -0.15) is 0 Å². The monoisotopic (exact) mass is 244 g/mol. The van der Waals surface area contributed by atoms with E-state index in [0.717, 1.165) is 24.3 Å². The van der Waals surface area contributed by atoms with Crippen molar-refractivity contribution in [1.82, 2.24) is 0 Å². The topological polar surface area (TPSA) is 0 Å². The molecule has 5 heteroatoms. The Morgan fingerprint density at radius 3 is 1.59 bits per heavy atom. The largest absolute Gasteiger partial charge is 0.207 e.